The number of nitrogens with zero attached hydrogens (tertiary/aromatic N) is 3. The first-order valence-corrected chi connectivity index (χ1v) is 7.22. The van der Waals surface area contributed by atoms with Gasteiger partial charge in [0, 0.05) is 31.1 Å². The van der Waals surface area contributed by atoms with Gasteiger partial charge in [-0.1, -0.05) is 34.8 Å². The predicted octanol–water partition coefficient (Wildman–Crippen LogP) is 4.38. The number of fused-ring (bicyclic) bond motifs is 1. The maximum Gasteiger partial charge on any atom is 0.141 e. The fraction of sp³-hybridized carbons (Fsp3) is 0.214. The quantitative estimate of drug-likeness (QED) is 0.724. The highest BCUT2D eigenvalue weighted by Gasteiger charge is 2.27. The number of anilines is 1. The summed E-state index contributed by atoms with van der Waals surface area (Å²) in [5.74, 6) is 1.83. The highest BCUT2D eigenvalue weighted by molar-refractivity contribution is 6.40. The van der Waals surface area contributed by atoms with E-state index >= 15 is 0 Å². The first kappa shape index (κ1) is 13.8. The summed E-state index contributed by atoms with van der Waals surface area (Å²) in [4.78, 5) is 6.54. The molecule has 0 amide bonds. The molecule has 104 valence electrons. The molecule has 0 saturated heterocycles. The number of aromatic nitrogens is 2. The summed E-state index contributed by atoms with van der Waals surface area (Å²) in [5.41, 5.74) is 1.93. The number of rotatable bonds is 1. The molecule has 1 aromatic carbocycles. The monoisotopic (exact) mass is 327 g/mol. The van der Waals surface area contributed by atoms with Crippen molar-refractivity contribution in [2.24, 2.45) is 7.05 Å². The van der Waals surface area contributed by atoms with Gasteiger partial charge >= 0.3 is 0 Å². The van der Waals surface area contributed by atoms with E-state index in [4.69, 9.17) is 34.8 Å². The number of hydrogen-bond donors (Lipinski definition) is 0. The van der Waals surface area contributed by atoms with Crippen molar-refractivity contribution in [1.82, 2.24) is 9.55 Å². The van der Waals surface area contributed by atoms with Gasteiger partial charge in [0.25, 0.3) is 0 Å². The molecule has 3 rings (SSSR count). The third-order valence-electron chi connectivity index (χ3n) is 3.40. The molecule has 0 aliphatic carbocycles. The summed E-state index contributed by atoms with van der Waals surface area (Å²) in [6.07, 6.45) is 0.557. The minimum atomic E-state index is 0.546. The zero-order valence-corrected chi connectivity index (χ0v) is 13.3. The second kappa shape index (κ2) is 4.99. The average molecular weight is 329 g/mol. The summed E-state index contributed by atoms with van der Waals surface area (Å²) in [6, 6.07) is 7.61. The molecule has 0 radical (unpaired) electrons. The van der Waals surface area contributed by atoms with Gasteiger partial charge in [-0.15, -0.1) is 0 Å². The molecule has 6 heteroatoms. The van der Waals surface area contributed by atoms with Gasteiger partial charge in [-0.25, -0.2) is 4.98 Å². The van der Waals surface area contributed by atoms with Crippen molar-refractivity contribution in [1.29, 1.82) is 0 Å². The van der Waals surface area contributed by atoms with Gasteiger partial charge in [0.1, 0.15) is 16.8 Å². The van der Waals surface area contributed by atoms with Crippen molar-refractivity contribution in [3.05, 3.63) is 45.2 Å². The maximum absolute atomic E-state index is 6.21. The van der Waals surface area contributed by atoms with Crippen LogP contribution in [0.5, 0.6) is 0 Å². The Hall–Kier alpha value is -1.16. The van der Waals surface area contributed by atoms with Crippen molar-refractivity contribution in [2.45, 2.75) is 6.42 Å². The van der Waals surface area contributed by atoms with Gasteiger partial charge in [-0.3, -0.25) is 0 Å². The van der Waals surface area contributed by atoms with Crippen LogP contribution in [0.1, 0.15) is 5.69 Å². The van der Waals surface area contributed by atoms with Crippen LogP contribution in [-0.4, -0.2) is 16.6 Å². The van der Waals surface area contributed by atoms with Crippen molar-refractivity contribution in [3.63, 3.8) is 0 Å². The zero-order valence-electron chi connectivity index (χ0n) is 11.0. The SMILES string of the molecule is CN1C(Cl)=C(Cl)Cc2nc(-c3ccc(Cl)cc3)n(C)c21. The van der Waals surface area contributed by atoms with Crippen LogP contribution in [0.4, 0.5) is 5.82 Å². The van der Waals surface area contributed by atoms with E-state index in [1.54, 1.807) is 0 Å². The van der Waals surface area contributed by atoms with Crippen LogP contribution in [0.15, 0.2) is 34.5 Å². The van der Waals surface area contributed by atoms with Crippen LogP contribution in [-0.2, 0) is 13.5 Å². The Labute approximate surface area is 132 Å². The van der Waals surface area contributed by atoms with Gasteiger partial charge in [0.05, 0.1) is 10.7 Å². The molecule has 2 aromatic rings. The first-order valence-electron chi connectivity index (χ1n) is 6.08. The Bertz CT molecular complexity index is 701. The molecule has 1 aliphatic heterocycles. The lowest BCUT2D eigenvalue weighted by atomic mass is 10.2. The van der Waals surface area contributed by atoms with Gasteiger partial charge in [0.2, 0.25) is 0 Å². The highest BCUT2D eigenvalue weighted by Crippen LogP contribution is 2.37. The molecule has 3 nitrogen and oxygen atoms in total. The number of benzene rings is 1. The van der Waals surface area contributed by atoms with E-state index in [1.807, 2.05) is 47.8 Å². The number of hydrogen-bond acceptors (Lipinski definition) is 2. The Morgan fingerprint density at radius 2 is 1.70 bits per heavy atom. The van der Waals surface area contributed by atoms with Gasteiger partial charge in [-0.05, 0) is 24.3 Å². The Morgan fingerprint density at radius 1 is 1.05 bits per heavy atom. The topological polar surface area (TPSA) is 21.1 Å². The molecular weight excluding hydrogens is 317 g/mol. The van der Waals surface area contributed by atoms with E-state index < -0.39 is 0 Å². The summed E-state index contributed by atoms with van der Waals surface area (Å²) in [6.45, 7) is 0. The van der Waals surface area contributed by atoms with Crippen molar-refractivity contribution < 1.29 is 0 Å². The van der Waals surface area contributed by atoms with E-state index in [0.717, 1.165) is 22.9 Å². The summed E-state index contributed by atoms with van der Waals surface area (Å²) >= 11 is 18.3. The summed E-state index contributed by atoms with van der Waals surface area (Å²) in [5, 5.41) is 1.87. The van der Waals surface area contributed by atoms with E-state index in [1.165, 1.54) is 0 Å². The van der Waals surface area contributed by atoms with Crippen LogP contribution in [0.2, 0.25) is 5.02 Å². The number of halogens is 3. The molecule has 0 unspecified atom stereocenters. The molecule has 1 aromatic heterocycles. The molecule has 1 aliphatic rings. The van der Waals surface area contributed by atoms with Crippen molar-refractivity contribution in [3.8, 4) is 11.4 Å². The van der Waals surface area contributed by atoms with Crippen molar-refractivity contribution >= 4 is 40.6 Å². The lowest BCUT2D eigenvalue weighted by Gasteiger charge is -2.25. The lowest BCUT2D eigenvalue weighted by molar-refractivity contribution is 0.881. The molecule has 0 spiro atoms. The summed E-state index contributed by atoms with van der Waals surface area (Å²) in [7, 11) is 3.85. The fourth-order valence-electron chi connectivity index (χ4n) is 2.44. The third kappa shape index (κ3) is 2.10. The molecule has 0 atom stereocenters. The van der Waals surface area contributed by atoms with Crippen molar-refractivity contribution in [2.75, 3.05) is 11.9 Å². The molecule has 2 heterocycles. The summed E-state index contributed by atoms with van der Waals surface area (Å²) < 4.78 is 2.02. The second-order valence-corrected chi connectivity index (χ2v) is 5.95. The molecule has 20 heavy (non-hydrogen) atoms. The number of allylic oxidation sites excluding steroid dienone is 1. The maximum atomic E-state index is 6.21. The molecule has 0 N–H and O–H groups in total. The van der Waals surface area contributed by atoms with Crippen LogP contribution in [0.3, 0.4) is 0 Å². The van der Waals surface area contributed by atoms with E-state index in [9.17, 15) is 0 Å². The standard InChI is InChI=1S/C14H12Cl3N3/c1-19-12(17)10(16)7-11-14(19)20(2)13(18-11)8-3-5-9(15)6-4-8/h3-6H,7H2,1-2H3. The van der Waals surface area contributed by atoms with Crippen LogP contribution >= 0.6 is 34.8 Å². The normalized spacial score (nSPS) is 14.8. The van der Waals surface area contributed by atoms with Crippen LogP contribution in [0.25, 0.3) is 11.4 Å². The average Bonchev–Trinajstić information content (AvgIpc) is 2.74. The second-order valence-electron chi connectivity index (χ2n) is 4.70. The molecule has 0 fully saturated rings. The lowest BCUT2D eigenvalue weighted by Crippen LogP contribution is -2.22. The molecular formula is C14H12Cl3N3. The highest BCUT2D eigenvalue weighted by atomic mass is 35.5. The Morgan fingerprint density at radius 3 is 2.35 bits per heavy atom. The third-order valence-corrected chi connectivity index (χ3v) is 4.54. The van der Waals surface area contributed by atoms with E-state index in [0.29, 0.717) is 21.6 Å². The minimum absolute atomic E-state index is 0.546. The Balaban J connectivity index is 2.12. The van der Waals surface area contributed by atoms with E-state index in [2.05, 4.69) is 4.98 Å². The zero-order chi connectivity index (χ0) is 14.4. The molecule has 0 bridgehead atoms. The predicted molar refractivity (Wildman–Crippen MR) is 84.5 cm³/mol. The molecule has 0 saturated carbocycles. The largest absolute Gasteiger partial charge is 0.319 e. The number of imidazole rings is 1. The van der Waals surface area contributed by atoms with Gasteiger partial charge in [0.15, 0.2) is 0 Å². The van der Waals surface area contributed by atoms with E-state index in [-0.39, 0.29) is 0 Å². The fourth-order valence-corrected chi connectivity index (χ4v) is 2.96. The van der Waals surface area contributed by atoms with Crippen LogP contribution in [0, 0.1) is 0 Å². The van der Waals surface area contributed by atoms with Gasteiger partial charge < -0.3 is 9.47 Å². The smallest absolute Gasteiger partial charge is 0.141 e. The van der Waals surface area contributed by atoms with Gasteiger partial charge in [-0.2, -0.15) is 0 Å². The minimum Gasteiger partial charge on any atom is -0.319 e. The van der Waals surface area contributed by atoms with Crippen LogP contribution < -0.4 is 4.90 Å². The Kier molecular flexibility index (Phi) is 3.44. The first-order chi connectivity index (χ1) is 9.49.